The number of hydrogen-bond donors (Lipinski definition) is 2. The molecule has 100 valence electrons. The van der Waals surface area contributed by atoms with Crippen LogP contribution in [0.3, 0.4) is 0 Å². The fraction of sp³-hybridized carbons (Fsp3) is 0.267. The Kier molecular flexibility index (Phi) is 4.36. The lowest BCUT2D eigenvalue weighted by molar-refractivity contribution is 0.0660. The molecule has 0 spiro atoms. The molecule has 2 N–H and O–H groups in total. The Bertz CT molecular complexity index is 533. The number of aromatic carboxylic acids is 1. The van der Waals surface area contributed by atoms with Crippen molar-refractivity contribution in [1.82, 2.24) is 5.32 Å². The van der Waals surface area contributed by atoms with Gasteiger partial charge in [0, 0.05) is 18.2 Å². The zero-order valence-electron chi connectivity index (χ0n) is 10.8. The average molecular weight is 259 g/mol. The van der Waals surface area contributed by atoms with Gasteiger partial charge in [-0.2, -0.15) is 0 Å². The summed E-state index contributed by atoms with van der Waals surface area (Å²) in [6.45, 7) is 2.57. The van der Waals surface area contributed by atoms with Gasteiger partial charge in [0.15, 0.2) is 0 Å². The van der Waals surface area contributed by atoms with Gasteiger partial charge in [0.1, 0.15) is 0 Å². The van der Waals surface area contributed by atoms with E-state index in [0.717, 1.165) is 6.42 Å². The van der Waals surface area contributed by atoms with Crippen molar-refractivity contribution < 1.29 is 14.3 Å². The Morgan fingerprint density at radius 2 is 2.05 bits per heavy atom. The monoisotopic (exact) mass is 259 g/mol. The van der Waals surface area contributed by atoms with Crippen molar-refractivity contribution >= 4 is 5.97 Å². The number of nitrogens with one attached hydrogen (secondary N) is 1. The van der Waals surface area contributed by atoms with Crippen molar-refractivity contribution in [3.63, 3.8) is 0 Å². The van der Waals surface area contributed by atoms with E-state index in [1.165, 1.54) is 11.8 Å². The molecule has 1 aromatic heterocycles. The summed E-state index contributed by atoms with van der Waals surface area (Å²) in [7, 11) is 0. The average Bonchev–Trinajstić information content (AvgIpc) is 2.89. The summed E-state index contributed by atoms with van der Waals surface area (Å²) in [5.41, 5.74) is 1.87. The van der Waals surface area contributed by atoms with E-state index in [1.54, 1.807) is 6.07 Å². The van der Waals surface area contributed by atoms with Gasteiger partial charge in [0.2, 0.25) is 5.76 Å². The first kappa shape index (κ1) is 13.4. The van der Waals surface area contributed by atoms with Gasteiger partial charge < -0.3 is 14.8 Å². The first-order valence-corrected chi connectivity index (χ1v) is 6.30. The van der Waals surface area contributed by atoms with Crippen molar-refractivity contribution in [3.05, 3.63) is 59.5 Å². The lowest BCUT2D eigenvalue weighted by Gasteiger charge is -2.17. The number of benzene rings is 1. The summed E-state index contributed by atoms with van der Waals surface area (Å²) in [5, 5.41) is 12.3. The molecule has 2 rings (SSSR count). The molecule has 0 bridgehead atoms. The van der Waals surface area contributed by atoms with E-state index in [9.17, 15) is 4.79 Å². The summed E-state index contributed by atoms with van der Waals surface area (Å²) < 4.78 is 4.96. The Labute approximate surface area is 112 Å². The normalized spacial score (nSPS) is 12.3. The molecule has 1 atom stereocenters. The Morgan fingerprint density at radius 1 is 1.32 bits per heavy atom. The van der Waals surface area contributed by atoms with E-state index in [-0.39, 0.29) is 11.8 Å². The van der Waals surface area contributed by atoms with Crippen molar-refractivity contribution in [1.29, 1.82) is 0 Å². The highest BCUT2D eigenvalue weighted by Crippen LogP contribution is 2.18. The third-order valence-corrected chi connectivity index (χ3v) is 3.09. The zero-order valence-corrected chi connectivity index (χ0v) is 10.8. The third-order valence-electron chi connectivity index (χ3n) is 3.09. The topological polar surface area (TPSA) is 62.5 Å². The SMILES string of the molecule is CCC(NCc1ccoc1C(=O)O)c1ccccc1. The summed E-state index contributed by atoms with van der Waals surface area (Å²) in [6, 6.07) is 12.0. The number of furan rings is 1. The maximum atomic E-state index is 10.9. The van der Waals surface area contributed by atoms with Crippen LogP contribution in [0.1, 0.15) is 41.1 Å². The number of hydrogen-bond acceptors (Lipinski definition) is 3. The van der Waals surface area contributed by atoms with E-state index in [4.69, 9.17) is 9.52 Å². The Hall–Kier alpha value is -2.07. The van der Waals surface area contributed by atoms with Crippen molar-refractivity contribution in [2.75, 3.05) is 0 Å². The molecule has 0 amide bonds. The smallest absolute Gasteiger partial charge is 0.372 e. The predicted molar refractivity (Wildman–Crippen MR) is 72.0 cm³/mol. The second kappa shape index (κ2) is 6.20. The molecule has 0 aliphatic heterocycles. The molecule has 19 heavy (non-hydrogen) atoms. The van der Waals surface area contributed by atoms with Crippen LogP contribution in [0, 0.1) is 0 Å². The van der Waals surface area contributed by atoms with Gasteiger partial charge >= 0.3 is 5.97 Å². The molecule has 0 aliphatic carbocycles. The van der Waals surface area contributed by atoms with E-state index < -0.39 is 5.97 Å². The largest absolute Gasteiger partial charge is 0.475 e. The van der Waals surface area contributed by atoms with Gasteiger partial charge in [-0.05, 0) is 18.1 Å². The quantitative estimate of drug-likeness (QED) is 0.836. The van der Waals surface area contributed by atoms with E-state index in [2.05, 4.69) is 24.4 Å². The molecule has 0 aliphatic rings. The summed E-state index contributed by atoms with van der Waals surface area (Å²) in [4.78, 5) is 10.9. The molecule has 1 aromatic carbocycles. The maximum absolute atomic E-state index is 10.9. The maximum Gasteiger partial charge on any atom is 0.372 e. The first-order chi connectivity index (χ1) is 9.22. The number of rotatable bonds is 6. The van der Waals surface area contributed by atoms with Crippen LogP contribution in [0.4, 0.5) is 0 Å². The molecule has 0 saturated heterocycles. The Balaban J connectivity index is 2.04. The number of carboxylic acids is 1. The third kappa shape index (κ3) is 3.23. The van der Waals surface area contributed by atoms with E-state index >= 15 is 0 Å². The molecule has 0 radical (unpaired) electrons. The van der Waals surface area contributed by atoms with Gasteiger partial charge in [0.25, 0.3) is 0 Å². The van der Waals surface area contributed by atoms with Crippen LogP contribution >= 0.6 is 0 Å². The predicted octanol–water partition coefficient (Wildman–Crippen LogP) is 3.22. The minimum absolute atomic E-state index is 0.00964. The highest BCUT2D eigenvalue weighted by atomic mass is 16.4. The molecule has 1 unspecified atom stereocenters. The van der Waals surface area contributed by atoms with Crippen LogP contribution in [-0.2, 0) is 6.54 Å². The summed E-state index contributed by atoms with van der Waals surface area (Å²) in [6.07, 6.45) is 2.34. The van der Waals surface area contributed by atoms with Gasteiger partial charge in [0.05, 0.1) is 6.26 Å². The molecular weight excluding hydrogens is 242 g/mol. The molecule has 0 saturated carbocycles. The summed E-state index contributed by atoms with van der Waals surface area (Å²) in [5.74, 6) is -1.02. The molecular formula is C15H17NO3. The highest BCUT2D eigenvalue weighted by molar-refractivity contribution is 5.86. The van der Waals surface area contributed by atoms with Crippen molar-refractivity contribution in [2.24, 2.45) is 0 Å². The van der Waals surface area contributed by atoms with Gasteiger partial charge in [-0.3, -0.25) is 0 Å². The number of carbonyl (C=O) groups is 1. The second-order valence-electron chi connectivity index (χ2n) is 4.33. The summed E-state index contributed by atoms with van der Waals surface area (Å²) >= 11 is 0. The molecule has 1 heterocycles. The fourth-order valence-corrected chi connectivity index (χ4v) is 2.08. The zero-order chi connectivity index (χ0) is 13.7. The van der Waals surface area contributed by atoms with E-state index in [1.807, 2.05) is 18.2 Å². The van der Waals surface area contributed by atoms with Gasteiger partial charge in [-0.1, -0.05) is 37.3 Å². The van der Waals surface area contributed by atoms with Crippen LogP contribution in [0.25, 0.3) is 0 Å². The van der Waals surface area contributed by atoms with E-state index in [0.29, 0.717) is 12.1 Å². The minimum atomic E-state index is -1.03. The van der Waals surface area contributed by atoms with Crippen LogP contribution in [0.5, 0.6) is 0 Å². The van der Waals surface area contributed by atoms with Crippen LogP contribution in [-0.4, -0.2) is 11.1 Å². The molecule has 4 heteroatoms. The first-order valence-electron chi connectivity index (χ1n) is 6.30. The minimum Gasteiger partial charge on any atom is -0.475 e. The second-order valence-corrected chi connectivity index (χ2v) is 4.33. The fourth-order valence-electron chi connectivity index (χ4n) is 2.08. The molecule has 2 aromatic rings. The van der Waals surface area contributed by atoms with Gasteiger partial charge in [-0.25, -0.2) is 4.79 Å². The van der Waals surface area contributed by atoms with Crippen molar-refractivity contribution in [2.45, 2.75) is 25.9 Å². The number of carboxylic acid groups (broad SMARTS) is 1. The molecule has 0 fully saturated rings. The Morgan fingerprint density at radius 3 is 2.68 bits per heavy atom. The van der Waals surface area contributed by atoms with Crippen LogP contribution in [0.2, 0.25) is 0 Å². The lowest BCUT2D eigenvalue weighted by Crippen LogP contribution is -2.21. The lowest BCUT2D eigenvalue weighted by atomic mass is 10.0. The van der Waals surface area contributed by atoms with Crippen LogP contribution < -0.4 is 5.32 Å². The molecule has 4 nitrogen and oxygen atoms in total. The van der Waals surface area contributed by atoms with Crippen molar-refractivity contribution in [3.8, 4) is 0 Å². The van der Waals surface area contributed by atoms with Crippen LogP contribution in [0.15, 0.2) is 47.1 Å². The standard InChI is InChI=1S/C15H17NO3/c1-2-13(11-6-4-3-5-7-11)16-10-12-8-9-19-14(12)15(17)18/h3-9,13,16H,2,10H2,1H3,(H,17,18). The highest BCUT2D eigenvalue weighted by Gasteiger charge is 2.15. The van der Waals surface area contributed by atoms with Gasteiger partial charge in [-0.15, -0.1) is 0 Å².